The summed E-state index contributed by atoms with van der Waals surface area (Å²) in [5.41, 5.74) is 0. The summed E-state index contributed by atoms with van der Waals surface area (Å²) in [5.74, 6) is 0. The van der Waals surface area contributed by atoms with E-state index in [0.717, 1.165) is 0 Å². The first-order valence-corrected chi connectivity index (χ1v) is 9.25. The van der Waals surface area contributed by atoms with E-state index in [0.29, 0.717) is 0 Å². The minimum atomic E-state index is 1.17. The maximum absolute atomic E-state index is 3.48. The lowest BCUT2D eigenvalue weighted by atomic mass is 10.1. The minimum absolute atomic E-state index is 1.17. The zero-order valence-electron chi connectivity index (χ0n) is 12.4. The van der Waals surface area contributed by atoms with Crippen molar-refractivity contribution in [1.29, 1.82) is 0 Å². The summed E-state index contributed by atoms with van der Waals surface area (Å²) in [6, 6.07) is 0. The maximum atomic E-state index is 3.48. The third-order valence-electron chi connectivity index (χ3n) is 3.40. The van der Waals surface area contributed by atoms with Gasteiger partial charge >= 0.3 is 0 Å². The van der Waals surface area contributed by atoms with E-state index in [1.807, 2.05) is 0 Å². The van der Waals surface area contributed by atoms with E-state index in [1.54, 1.807) is 0 Å². The Labute approximate surface area is 124 Å². The summed E-state index contributed by atoms with van der Waals surface area (Å²) in [4.78, 5) is 0. The van der Waals surface area contributed by atoms with Crippen molar-refractivity contribution in [1.82, 2.24) is 0 Å². The van der Waals surface area contributed by atoms with Crippen LogP contribution in [0.5, 0.6) is 0 Å². The van der Waals surface area contributed by atoms with E-state index in [9.17, 15) is 0 Å². The molecule has 0 fully saturated rings. The molecule has 0 rings (SSSR count). The number of alkyl halides is 1. The second-order valence-electron chi connectivity index (χ2n) is 5.27. The Hall–Kier alpha value is 0.220. The highest BCUT2D eigenvalue weighted by molar-refractivity contribution is 9.09. The summed E-state index contributed by atoms with van der Waals surface area (Å²) in [7, 11) is 0. The van der Waals surface area contributed by atoms with Crippen molar-refractivity contribution >= 4 is 15.9 Å². The molecule has 0 aliphatic carbocycles. The Balaban J connectivity index is 3.00. The van der Waals surface area contributed by atoms with E-state index >= 15 is 0 Å². The van der Waals surface area contributed by atoms with E-state index in [-0.39, 0.29) is 0 Å². The molecule has 0 radical (unpaired) electrons. The van der Waals surface area contributed by atoms with Gasteiger partial charge in [-0.1, -0.05) is 86.4 Å². The molecule has 0 aromatic rings. The summed E-state index contributed by atoms with van der Waals surface area (Å²) in [6.07, 6.45) is 22.8. The summed E-state index contributed by atoms with van der Waals surface area (Å²) < 4.78 is 0. The molecule has 0 N–H and O–H groups in total. The molecule has 0 aliphatic heterocycles. The average molecular weight is 317 g/mol. The van der Waals surface area contributed by atoms with Crippen molar-refractivity contribution in [3.8, 4) is 0 Å². The predicted molar refractivity (Wildman–Crippen MR) is 88.6 cm³/mol. The first-order valence-electron chi connectivity index (χ1n) is 8.12. The van der Waals surface area contributed by atoms with Crippen LogP contribution >= 0.6 is 15.9 Å². The lowest BCUT2D eigenvalue weighted by molar-refractivity contribution is 0.610. The molecule has 0 nitrogen and oxygen atoms in total. The molecule has 0 atom stereocenters. The van der Waals surface area contributed by atoms with Gasteiger partial charge in [-0.05, 0) is 32.1 Å². The molecule has 0 unspecified atom stereocenters. The van der Waals surface area contributed by atoms with Crippen LogP contribution in [0, 0.1) is 0 Å². The fourth-order valence-electron chi connectivity index (χ4n) is 2.17. The Kier molecular flexibility index (Phi) is 17.4. The van der Waals surface area contributed by atoms with Gasteiger partial charge in [0.2, 0.25) is 0 Å². The fraction of sp³-hybridized carbons (Fsp3) is 0.882. The Morgan fingerprint density at radius 1 is 0.611 bits per heavy atom. The van der Waals surface area contributed by atoms with E-state index in [2.05, 4.69) is 35.0 Å². The normalized spacial score (nSPS) is 11.4. The highest BCUT2D eigenvalue weighted by Gasteiger charge is 1.89. The van der Waals surface area contributed by atoms with Gasteiger partial charge in [-0.25, -0.2) is 0 Å². The van der Waals surface area contributed by atoms with E-state index in [1.165, 1.54) is 88.8 Å². The molecular formula is C17H33Br. The molecular weight excluding hydrogens is 284 g/mol. The molecule has 1 heteroatoms. The molecule has 0 amide bonds. The lowest BCUT2D eigenvalue weighted by Gasteiger charge is -1.98. The molecule has 18 heavy (non-hydrogen) atoms. The predicted octanol–water partition coefficient (Wildman–Crippen LogP) is 7.03. The Morgan fingerprint density at radius 2 is 1.06 bits per heavy atom. The number of unbranched alkanes of at least 4 members (excludes halogenated alkanes) is 11. The fourth-order valence-corrected chi connectivity index (χ4v) is 2.56. The molecule has 0 saturated carbocycles. The third-order valence-corrected chi connectivity index (χ3v) is 3.96. The molecule has 0 spiro atoms. The topological polar surface area (TPSA) is 0 Å². The second-order valence-corrected chi connectivity index (χ2v) is 6.07. The standard InChI is InChI=1S/C17H33Br/c1-2-3-4-5-6-7-8-9-10-11-12-13-14-15-16-17-18/h9-10H,2-8,11-17H2,1H3. The summed E-state index contributed by atoms with van der Waals surface area (Å²) >= 11 is 3.48. The Bertz CT molecular complexity index is 145. The Morgan fingerprint density at radius 3 is 1.56 bits per heavy atom. The van der Waals surface area contributed by atoms with E-state index in [4.69, 9.17) is 0 Å². The third kappa shape index (κ3) is 16.2. The first-order chi connectivity index (χ1) is 8.91. The van der Waals surface area contributed by atoms with Gasteiger partial charge in [-0.2, -0.15) is 0 Å². The van der Waals surface area contributed by atoms with Gasteiger partial charge in [0.25, 0.3) is 0 Å². The van der Waals surface area contributed by atoms with Crippen molar-refractivity contribution in [2.45, 2.75) is 90.4 Å². The molecule has 0 bridgehead atoms. The number of allylic oxidation sites excluding steroid dienone is 2. The SMILES string of the molecule is CCCCCCCCC=CCCCCCCCBr. The lowest BCUT2D eigenvalue weighted by Crippen LogP contribution is -1.79. The van der Waals surface area contributed by atoms with Gasteiger partial charge in [-0.15, -0.1) is 0 Å². The van der Waals surface area contributed by atoms with Crippen LogP contribution in [0.3, 0.4) is 0 Å². The summed E-state index contributed by atoms with van der Waals surface area (Å²) in [5, 5.41) is 1.17. The zero-order valence-corrected chi connectivity index (χ0v) is 14.0. The van der Waals surface area contributed by atoms with Crippen molar-refractivity contribution in [2.24, 2.45) is 0 Å². The zero-order chi connectivity index (χ0) is 13.3. The number of rotatable bonds is 14. The first kappa shape index (κ1) is 18.2. The minimum Gasteiger partial charge on any atom is -0.0928 e. The second kappa shape index (κ2) is 17.2. The van der Waals surface area contributed by atoms with Crippen LogP contribution in [0.2, 0.25) is 0 Å². The molecule has 0 aromatic heterocycles. The van der Waals surface area contributed by atoms with Crippen LogP contribution in [0.1, 0.15) is 90.4 Å². The van der Waals surface area contributed by atoms with Gasteiger partial charge < -0.3 is 0 Å². The number of hydrogen-bond donors (Lipinski definition) is 0. The highest BCUT2D eigenvalue weighted by atomic mass is 79.9. The van der Waals surface area contributed by atoms with Gasteiger partial charge in [0.05, 0.1) is 0 Å². The summed E-state index contributed by atoms with van der Waals surface area (Å²) in [6.45, 7) is 2.28. The number of hydrogen-bond acceptors (Lipinski definition) is 0. The maximum Gasteiger partial charge on any atom is 0.00313 e. The van der Waals surface area contributed by atoms with Gasteiger partial charge in [0.1, 0.15) is 0 Å². The number of halogens is 1. The van der Waals surface area contributed by atoms with Crippen molar-refractivity contribution in [3.05, 3.63) is 12.2 Å². The van der Waals surface area contributed by atoms with Gasteiger partial charge in [0, 0.05) is 5.33 Å². The van der Waals surface area contributed by atoms with Crippen LogP contribution in [0.25, 0.3) is 0 Å². The average Bonchev–Trinajstić information content (AvgIpc) is 2.39. The van der Waals surface area contributed by atoms with Crippen LogP contribution in [0.4, 0.5) is 0 Å². The molecule has 0 saturated heterocycles. The molecule has 108 valence electrons. The van der Waals surface area contributed by atoms with Crippen molar-refractivity contribution < 1.29 is 0 Å². The van der Waals surface area contributed by atoms with Crippen LogP contribution < -0.4 is 0 Å². The monoisotopic (exact) mass is 316 g/mol. The molecule has 0 heterocycles. The van der Waals surface area contributed by atoms with Crippen molar-refractivity contribution in [2.75, 3.05) is 5.33 Å². The smallest absolute Gasteiger partial charge is 0.00313 e. The van der Waals surface area contributed by atoms with Crippen LogP contribution in [0.15, 0.2) is 12.2 Å². The largest absolute Gasteiger partial charge is 0.0928 e. The molecule has 0 aromatic carbocycles. The van der Waals surface area contributed by atoms with Crippen LogP contribution in [-0.4, -0.2) is 5.33 Å². The van der Waals surface area contributed by atoms with Gasteiger partial charge in [-0.3, -0.25) is 0 Å². The quantitative estimate of drug-likeness (QED) is 0.183. The van der Waals surface area contributed by atoms with E-state index < -0.39 is 0 Å². The van der Waals surface area contributed by atoms with Gasteiger partial charge in [0.15, 0.2) is 0 Å². The van der Waals surface area contributed by atoms with Crippen molar-refractivity contribution in [3.63, 3.8) is 0 Å². The highest BCUT2D eigenvalue weighted by Crippen LogP contribution is 2.09. The van der Waals surface area contributed by atoms with Crippen LogP contribution in [-0.2, 0) is 0 Å². The molecule has 0 aliphatic rings.